The number of pyridine rings is 1. The van der Waals surface area contributed by atoms with Gasteiger partial charge < -0.3 is 15.7 Å². The molecule has 1 aromatic rings. The number of aliphatic carboxylic acids is 1. The number of carboxylic acid groups (broad SMARTS) is 1. The number of aromatic nitrogens is 1. The van der Waals surface area contributed by atoms with Crippen molar-refractivity contribution in [1.82, 2.24) is 10.3 Å². The number of nitro groups is 1. The molecule has 0 bridgehead atoms. The average molecular weight is 268 g/mol. The molecule has 0 aliphatic carbocycles. The normalized spacial score (nSPS) is 9.74. The van der Waals surface area contributed by atoms with Crippen molar-refractivity contribution in [2.45, 2.75) is 6.92 Å². The van der Waals surface area contributed by atoms with Crippen LogP contribution in [0.1, 0.15) is 5.56 Å². The highest BCUT2D eigenvalue weighted by Gasteiger charge is 2.18. The Bertz CT molecular complexity index is 517. The second-order valence-corrected chi connectivity index (χ2v) is 3.61. The van der Waals surface area contributed by atoms with E-state index in [0.717, 1.165) is 0 Å². The van der Waals surface area contributed by atoms with Gasteiger partial charge in [0.1, 0.15) is 6.54 Å². The zero-order valence-corrected chi connectivity index (χ0v) is 10.0. The fraction of sp³-hybridized carbons (Fsp3) is 0.300. The Morgan fingerprint density at radius 2 is 2.16 bits per heavy atom. The maximum atomic E-state index is 11.3. The van der Waals surface area contributed by atoms with E-state index in [0.29, 0.717) is 5.56 Å². The summed E-state index contributed by atoms with van der Waals surface area (Å²) >= 11 is 0. The first kappa shape index (κ1) is 14.4. The number of hydrogen-bond acceptors (Lipinski definition) is 6. The van der Waals surface area contributed by atoms with Crippen LogP contribution in [0.3, 0.4) is 0 Å². The summed E-state index contributed by atoms with van der Waals surface area (Å²) in [6, 6.07) is 1.48. The molecule has 102 valence electrons. The van der Waals surface area contributed by atoms with E-state index in [1.807, 2.05) is 0 Å². The van der Waals surface area contributed by atoms with Gasteiger partial charge in [-0.2, -0.15) is 0 Å². The van der Waals surface area contributed by atoms with Crippen LogP contribution >= 0.6 is 0 Å². The molecule has 0 unspecified atom stereocenters. The van der Waals surface area contributed by atoms with E-state index in [-0.39, 0.29) is 18.1 Å². The lowest BCUT2D eigenvalue weighted by Crippen LogP contribution is -2.34. The minimum absolute atomic E-state index is 0.0320. The van der Waals surface area contributed by atoms with Crippen molar-refractivity contribution in [3.8, 4) is 0 Å². The summed E-state index contributed by atoms with van der Waals surface area (Å²) in [4.78, 5) is 35.5. The third-order valence-electron chi connectivity index (χ3n) is 2.16. The van der Waals surface area contributed by atoms with Gasteiger partial charge in [0, 0.05) is 11.8 Å². The van der Waals surface area contributed by atoms with Crippen LogP contribution in [0.25, 0.3) is 0 Å². The summed E-state index contributed by atoms with van der Waals surface area (Å²) in [6.45, 7) is 0.740. The fourth-order valence-electron chi connectivity index (χ4n) is 1.31. The summed E-state index contributed by atoms with van der Waals surface area (Å²) in [7, 11) is 0. The number of rotatable bonds is 6. The third-order valence-corrected chi connectivity index (χ3v) is 2.16. The lowest BCUT2D eigenvalue weighted by Gasteiger charge is -2.07. The molecule has 0 aliphatic heterocycles. The topological polar surface area (TPSA) is 134 Å². The number of carbonyl (C=O) groups excluding carboxylic acids is 1. The number of anilines is 1. The average Bonchev–Trinajstić information content (AvgIpc) is 2.33. The van der Waals surface area contributed by atoms with Gasteiger partial charge in [0.25, 0.3) is 0 Å². The second-order valence-electron chi connectivity index (χ2n) is 3.61. The molecule has 0 atom stereocenters. The fourth-order valence-corrected chi connectivity index (χ4v) is 1.31. The van der Waals surface area contributed by atoms with Gasteiger partial charge in [-0.1, -0.05) is 0 Å². The highest BCUT2D eigenvalue weighted by molar-refractivity contribution is 5.84. The molecular weight excluding hydrogens is 256 g/mol. The van der Waals surface area contributed by atoms with Gasteiger partial charge in [-0.3, -0.25) is 19.7 Å². The number of carbonyl (C=O) groups is 2. The lowest BCUT2D eigenvalue weighted by atomic mass is 10.2. The first-order valence-corrected chi connectivity index (χ1v) is 5.24. The van der Waals surface area contributed by atoms with E-state index in [1.165, 1.54) is 12.3 Å². The van der Waals surface area contributed by atoms with E-state index in [9.17, 15) is 19.7 Å². The molecule has 0 spiro atoms. The molecule has 1 rings (SSSR count). The standard InChI is InChI=1S/C10H12N4O5/c1-6-2-3-11-10(9(6)14(18)19)13-4-7(15)12-5-8(16)17/h2-3H,4-5H2,1H3,(H,11,13)(H,12,15)(H,16,17). The van der Waals surface area contributed by atoms with E-state index >= 15 is 0 Å². The van der Waals surface area contributed by atoms with Crippen molar-refractivity contribution >= 4 is 23.4 Å². The van der Waals surface area contributed by atoms with Crippen molar-refractivity contribution in [2.24, 2.45) is 0 Å². The van der Waals surface area contributed by atoms with E-state index < -0.39 is 23.3 Å². The van der Waals surface area contributed by atoms with Gasteiger partial charge in [0.05, 0.1) is 11.5 Å². The maximum absolute atomic E-state index is 11.3. The van der Waals surface area contributed by atoms with Gasteiger partial charge in [0.15, 0.2) is 0 Å². The highest BCUT2D eigenvalue weighted by atomic mass is 16.6. The summed E-state index contributed by atoms with van der Waals surface area (Å²) < 4.78 is 0. The molecule has 1 amide bonds. The van der Waals surface area contributed by atoms with Gasteiger partial charge in [-0.15, -0.1) is 0 Å². The quantitative estimate of drug-likeness (QED) is 0.484. The number of amides is 1. The second kappa shape index (κ2) is 6.28. The molecule has 0 aliphatic rings. The smallest absolute Gasteiger partial charge is 0.322 e. The summed E-state index contributed by atoms with van der Waals surface area (Å²) in [5.74, 6) is -1.80. The first-order valence-electron chi connectivity index (χ1n) is 5.24. The van der Waals surface area contributed by atoms with Crippen molar-refractivity contribution < 1.29 is 19.6 Å². The highest BCUT2D eigenvalue weighted by Crippen LogP contribution is 2.24. The Balaban J connectivity index is 2.68. The largest absolute Gasteiger partial charge is 0.480 e. The van der Waals surface area contributed by atoms with E-state index in [1.54, 1.807) is 6.92 Å². The van der Waals surface area contributed by atoms with Gasteiger partial charge >= 0.3 is 11.7 Å². The van der Waals surface area contributed by atoms with Crippen LogP contribution < -0.4 is 10.6 Å². The number of hydrogen-bond donors (Lipinski definition) is 3. The lowest BCUT2D eigenvalue weighted by molar-refractivity contribution is -0.384. The van der Waals surface area contributed by atoms with Crippen molar-refractivity contribution in [3.63, 3.8) is 0 Å². The molecule has 3 N–H and O–H groups in total. The van der Waals surface area contributed by atoms with E-state index in [4.69, 9.17) is 5.11 Å². The SMILES string of the molecule is Cc1ccnc(NCC(=O)NCC(=O)O)c1[N+](=O)[O-]. The van der Waals surface area contributed by atoms with Gasteiger partial charge in [-0.25, -0.2) is 4.98 Å². The van der Waals surface area contributed by atoms with Crippen LogP contribution in [-0.4, -0.2) is 40.0 Å². The van der Waals surface area contributed by atoms with Gasteiger partial charge in [0.2, 0.25) is 11.7 Å². The zero-order chi connectivity index (χ0) is 14.4. The van der Waals surface area contributed by atoms with Crippen LogP contribution in [0.4, 0.5) is 11.5 Å². The Morgan fingerprint density at radius 3 is 2.74 bits per heavy atom. The molecule has 0 aromatic carbocycles. The van der Waals surface area contributed by atoms with Crippen LogP contribution in [0.2, 0.25) is 0 Å². The molecule has 0 saturated carbocycles. The molecule has 1 heterocycles. The molecule has 9 nitrogen and oxygen atoms in total. The Labute approximate surface area is 107 Å². The molecule has 0 fully saturated rings. The molecule has 9 heteroatoms. The summed E-state index contributed by atoms with van der Waals surface area (Å²) in [6.07, 6.45) is 1.37. The Morgan fingerprint density at radius 1 is 1.47 bits per heavy atom. The predicted molar refractivity (Wildman–Crippen MR) is 64.8 cm³/mol. The van der Waals surface area contributed by atoms with Crippen molar-refractivity contribution in [1.29, 1.82) is 0 Å². The van der Waals surface area contributed by atoms with E-state index in [2.05, 4.69) is 15.6 Å². The third kappa shape index (κ3) is 4.22. The van der Waals surface area contributed by atoms with Crippen LogP contribution in [-0.2, 0) is 9.59 Å². The number of nitrogens with one attached hydrogen (secondary N) is 2. The zero-order valence-electron chi connectivity index (χ0n) is 10.0. The molecule has 1 aromatic heterocycles. The summed E-state index contributed by atoms with van der Waals surface area (Å²) in [5.41, 5.74) is 0.196. The molecule has 0 saturated heterocycles. The molecule has 0 radical (unpaired) electrons. The number of carboxylic acids is 1. The van der Waals surface area contributed by atoms with Crippen LogP contribution in [0, 0.1) is 17.0 Å². The predicted octanol–water partition coefficient (Wildman–Crippen LogP) is -0.0891. The molecular formula is C10H12N4O5. The monoisotopic (exact) mass is 268 g/mol. The number of nitrogens with zero attached hydrogens (tertiary/aromatic N) is 2. The van der Waals surface area contributed by atoms with Crippen LogP contribution in [0.5, 0.6) is 0 Å². The van der Waals surface area contributed by atoms with Gasteiger partial charge in [-0.05, 0) is 13.0 Å². The van der Waals surface area contributed by atoms with Crippen LogP contribution in [0.15, 0.2) is 12.3 Å². The minimum atomic E-state index is -1.17. The Kier molecular flexibility index (Phi) is 4.75. The van der Waals surface area contributed by atoms with Crippen molar-refractivity contribution in [2.75, 3.05) is 18.4 Å². The molecule has 19 heavy (non-hydrogen) atoms. The minimum Gasteiger partial charge on any atom is -0.480 e. The first-order chi connectivity index (χ1) is 8.91. The number of aryl methyl sites for hydroxylation is 1. The van der Waals surface area contributed by atoms with Crippen molar-refractivity contribution in [3.05, 3.63) is 27.9 Å². The summed E-state index contributed by atoms with van der Waals surface area (Å²) in [5, 5.41) is 23.8. The maximum Gasteiger partial charge on any atom is 0.322 e. The Hall–Kier alpha value is -2.71.